The van der Waals surface area contributed by atoms with E-state index in [1.807, 2.05) is 62.4 Å². The Kier molecular flexibility index (Phi) is 4.51. The van der Waals surface area contributed by atoms with Gasteiger partial charge in [-0.05, 0) is 67.4 Å². The Morgan fingerprint density at radius 1 is 1.21 bits per heavy atom. The third-order valence-corrected chi connectivity index (χ3v) is 4.73. The van der Waals surface area contributed by atoms with Gasteiger partial charge in [-0.25, -0.2) is 4.68 Å². The molecular weight excluding hydrogens is 352 g/mol. The maximum Gasteiger partial charge on any atom is 0.211 e. The molecule has 0 atom stereocenters. The van der Waals surface area contributed by atoms with E-state index in [2.05, 4.69) is 5.10 Å². The topological polar surface area (TPSA) is 53.4 Å². The van der Waals surface area contributed by atoms with E-state index in [4.69, 9.17) is 9.47 Å². The number of ketones is 1. The van der Waals surface area contributed by atoms with Gasteiger partial charge in [0.25, 0.3) is 0 Å². The van der Waals surface area contributed by atoms with Crippen LogP contribution in [-0.4, -0.2) is 28.3 Å². The lowest BCUT2D eigenvalue weighted by Gasteiger charge is -2.16. The Hall–Kier alpha value is -3.34. The number of ether oxygens (including phenoxy) is 2. The molecule has 1 aromatic heterocycles. The van der Waals surface area contributed by atoms with Crippen molar-refractivity contribution in [2.24, 2.45) is 0 Å². The molecule has 0 radical (unpaired) electrons. The Bertz CT molecular complexity index is 1030. The molecule has 142 valence electrons. The summed E-state index contributed by atoms with van der Waals surface area (Å²) in [7, 11) is 1.63. The maximum absolute atomic E-state index is 13.3. The van der Waals surface area contributed by atoms with Crippen LogP contribution in [0.5, 0.6) is 11.5 Å². The predicted molar refractivity (Wildman–Crippen MR) is 109 cm³/mol. The van der Waals surface area contributed by atoms with E-state index in [1.54, 1.807) is 30.3 Å². The average Bonchev–Trinajstić information content (AvgIpc) is 3.31. The highest BCUT2D eigenvalue weighted by atomic mass is 16.5. The molecule has 0 saturated heterocycles. The second-order valence-electron chi connectivity index (χ2n) is 7.44. The fraction of sp³-hybridized carbons (Fsp3) is 0.217. The predicted octanol–water partition coefficient (Wildman–Crippen LogP) is 4.49. The Morgan fingerprint density at radius 2 is 2.00 bits per heavy atom. The molecule has 0 spiro atoms. The first kappa shape index (κ1) is 18.0. The number of aromatic nitrogens is 2. The minimum atomic E-state index is -0.242. The van der Waals surface area contributed by atoms with Gasteiger partial charge in [0.05, 0.1) is 7.11 Å². The second kappa shape index (κ2) is 7.00. The van der Waals surface area contributed by atoms with Crippen LogP contribution in [0.1, 0.15) is 35.3 Å². The fourth-order valence-electron chi connectivity index (χ4n) is 3.40. The third-order valence-electron chi connectivity index (χ3n) is 4.73. The van der Waals surface area contributed by atoms with Crippen LogP contribution in [-0.2, 0) is 6.42 Å². The van der Waals surface area contributed by atoms with Crippen molar-refractivity contribution < 1.29 is 14.3 Å². The summed E-state index contributed by atoms with van der Waals surface area (Å²) in [5, 5.41) is 4.27. The van der Waals surface area contributed by atoms with Crippen molar-refractivity contribution in [3.05, 3.63) is 77.6 Å². The number of nitrogens with zero attached hydrogens (tertiary/aromatic N) is 2. The molecule has 5 heteroatoms. The van der Waals surface area contributed by atoms with Crippen LogP contribution in [0.15, 0.2) is 60.9 Å². The van der Waals surface area contributed by atoms with Crippen molar-refractivity contribution in [3.63, 3.8) is 0 Å². The molecule has 2 aromatic carbocycles. The van der Waals surface area contributed by atoms with Gasteiger partial charge < -0.3 is 9.47 Å². The van der Waals surface area contributed by atoms with Gasteiger partial charge in [-0.15, -0.1) is 0 Å². The molecule has 0 unspecified atom stereocenters. The summed E-state index contributed by atoms with van der Waals surface area (Å²) >= 11 is 0. The van der Waals surface area contributed by atoms with Crippen molar-refractivity contribution in [3.8, 4) is 11.5 Å². The molecule has 2 heterocycles. The summed E-state index contributed by atoms with van der Waals surface area (Å²) in [5.74, 6) is 1.53. The van der Waals surface area contributed by atoms with Crippen LogP contribution in [0.4, 0.5) is 0 Å². The molecule has 0 amide bonds. The highest BCUT2D eigenvalue weighted by molar-refractivity contribution is 6.27. The highest BCUT2D eigenvalue weighted by Gasteiger charge is 2.30. The van der Waals surface area contributed by atoms with E-state index in [0.717, 1.165) is 29.0 Å². The SMILES string of the molecule is COc1ccc(C=C(C(=O)c2ccc3c(c2)CC(C)(C)O3)n2cccn2)cc1. The van der Waals surface area contributed by atoms with Gasteiger partial charge in [-0.2, -0.15) is 5.10 Å². The van der Waals surface area contributed by atoms with Crippen LogP contribution < -0.4 is 9.47 Å². The summed E-state index contributed by atoms with van der Waals surface area (Å²) in [4.78, 5) is 13.3. The van der Waals surface area contributed by atoms with E-state index in [9.17, 15) is 4.79 Å². The van der Waals surface area contributed by atoms with Crippen LogP contribution in [0.3, 0.4) is 0 Å². The summed E-state index contributed by atoms with van der Waals surface area (Å²) in [6, 6.07) is 15.0. The van der Waals surface area contributed by atoms with E-state index < -0.39 is 0 Å². The molecule has 5 nitrogen and oxygen atoms in total. The van der Waals surface area contributed by atoms with Crippen molar-refractivity contribution in [1.82, 2.24) is 9.78 Å². The molecule has 0 fully saturated rings. The molecule has 28 heavy (non-hydrogen) atoms. The van der Waals surface area contributed by atoms with Crippen LogP contribution in [0.25, 0.3) is 11.8 Å². The number of hydrogen-bond acceptors (Lipinski definition) is 4. The van der Waals surface area contributed by atoms with Gasteiger partial charge in [0.1, 0.15) is 22.8 Å². The molecule has 4 rings (SSSR count). The number of allylic oxidation sites excluding steroid dienone is 1. The number of benzene rings is 2. The van der Waals surface area contributed by atoms with Gasteiger partial charge in [-0.1, -0.05) is 12.1 Å². The summed E-state index contributed by atoms with van der Waals surface area (Å²) < 4.78 is 12.7. The lowest BCUT2D eigenvalue weighted by atomic mass is 9.98. The van der Waals surface area contributed by atoms with Gasteiger partial charge in [0.2, 0.25) is 5.78 Å². The van der Waals surface area contributed by atoms with Crippen molar-refractivity contribution in [1.29, 1.82) is 0 Å². The zero-order valence-corrected chi connectivity index (χ0v) is 16.2. The second-order valence-corrected chi connectivity index (χ2v) is 7.44. The summed E-state index contributed by atoms with van der Waals surface area (Å²) in [5.41, 5.74) is 2.81. The normalized spacial score (nSPS) is 15.0. The van der Waals surface area contributed by atoms with Gasteiger partial charge in [-0.3, -0.25) is 4.79 Å². The van der Waals surface area contributed by atoms with Crippen molar-refractivity contribution in [2.75, 3.05) is 7.11 Å². The van der Waals surface area contributed by atoms with Gasteiger partial charge in [0.15, 0.2) is 0 Å². The lowest BCUT2D eigenvalue weighted by Crippen LogP contribution is -2.24. The largest absolute Gasteiger partial charge is 0.497 e. The molecule has 1 aliphatic heterocycles. The number of Topliss-reactive ketones (excluding diaryl/α,β-unsaturated/α-hetero) is 1. The Balaban J connectivity index is 1.72. The standard InChI is InChI=1S/C23H22N2O3/c1-23(2)15-18-14-17(7-10-21(18)28-23)22(26)20(25-12-4-11-24-25)13-16-5-8-19(27-3)9-6-16/h4-14H,15H2,1-3H3. The van der Waals surface area contributed by atoms with Crippen LogP contribution >= 0.6 is 0 Å². The monoisotopic (exact) mass is 374 g/mol. The molecule has 0 saturated carbocycles. The first-order valence-electron chi connectivity index (χ1n) is 9.18. The highest BCUT2D eigenvalue weighted by Crippen LogP contribution is 2.35. The number of rotatable bonds is 5. The number of methoxy groups -OCH3 is 1. The first-order chi connectivity index (χ1) is 13.4. The lowest BCUT2D eigenvalue weighted by molar-refractivity contribution is 0.105. The van der Waals surface area contributed by atoms with E-state index in [-0.39, 0.29) is 11.4 Å². The van der Waals surface area contributed by atoms with Crippen LogP contribution in [0, 0.1) is 0 Å². The summed E-state index contributed by atoms with van der Waals surface area (Å²) in [6.45, 7) is 4.10. The maximum atomic E-state index is 13.3. The van der Waals surface area contributed by atoms with Gasteiger partial charge in [0, 0.05) is 24.4 Å². The number of hydrogen-bond donors (Lipinski definition) is 0. The Labute approximate surface area is 164 Å². The van der Waals surface area contributed by atoms with E-state index in [0.29, 0.717) is 11.3 Å². The molecule has 0 bridgehead atoms. The minimum Gasteiger partial charge on any atom is -0.497 e. The molecule has 0 N–H and O–H groups in total. The van der Waals surface area contributed by atoms with Gasteiger partial charge >= 0.3 is 0 Å². The van der Waals surface area contributed by atoms with Crippen molar-refractivity contribution in [2.45, 2.75) is 25.9 Å². The zero-order chi connectivity index (χ0) is 19.7. The van der Waals surface area contributed by atoms with E-state index >= 15 is 0 Å². The number of carbonyl (C=O) groups is 1. The number of fused-ring (bicyclic) bond motifs is 1. The minimum absolute atomic E-state index is 0.0907. The molecular formula is C23H22N2O3. The quantitative estimate of drug-likeness (QED) is 0.488. The molecule has 1 aliphatic rings. The summed E-state index contributed by atoms with van der Waals surface area (Å²) in [6.07, 6.45) is 6.05. The third kappa shape index (κ3) is 3.56. The fourth-order valence-corrected chi connectivity index (χ4v) is 3.40. The average molecular weight is 374 g/mol. The molecule has 0 aliphatic carbocycles. The van der Waals surface area contributed by atoms with Crippen molar-refractivity contribution >= 4 is 17.6 Å². The smallest absolute Gasteiger partial charge is 0.211 e. The molecule has 3 aromatic rings. The number of carbonyl (C=O) groups excluding carboxylic acids is 1. The first-order valence-corrected chi connectivity index (χ1v) is 9.18. The van der Waals surface area contributed by atoms with Crippen LogP contribution in [0.2, 0.25) is 0 Å². The van der Waals surface area contributed by atoms with E-state index in [1.165, 1.54) is 0 Å². The zero-order valence-electron chi connectivity index (χ0n) is 16.2. The Morgan fingerprint density at radius 3 is 2.68 bits per heavy atom.